The first-order valence-corrected chi connectivity index (χ1v) is 9.47. The lowest BCUT2D eigenvalue weighted by Gasteiger charge is -2.54. The van der Waals surface area contributed by atoms with Crippen LogP contribution in [0.5, 0.6) is 0 Å². The molecular formula is C20H26N2O. The third-order valence-electron chi connectivity index (χ3n) is 6.88. The molecule has 5 aliphatic carbocycles. The zero-order valence-electron chi connectivity index (χ0n) is 13.7. The number of hydrogen-bond donors (Lipinski definition) is 0. The Morgan fingerprint density at radius 1 is 1.00 bits per heavy atom. The van der Waals surface area contributed by atoms with Gasteiger partial charge in [0.1, 0.15) is 0 Å². The van der Waals surface area contributed by atoms with E-state index in [0.29, 0.717) is 29.7 Å². The minimum absolute atomic E-state index is 0.338. The van der Waals surface area contributed by atoms with Gasteiger partial charge in [-0.3, -0.25) is 9.78 Å². The lowest BCUT2D eigenvalue weighted by molar-refractivity contribution is -0.150. The summed E-state index contributed by atoms with van der Waals surface area (Å²) in [4.78, 5) is 19.8. The standard InChI is InChI=1S/C20H26N2O/c23-20(19-16-8-14-7-15(10-16)11-17(19)9-14)22(18-1-2-18)12-13-3-5-21-6-4-13/h3-6,14-19H,1-2,7-12H2. The van der Waals surface area contributed by atoms with Gasteiger partial charge in [0.25, 0.3) is 0 Å². The van der Waals surface area contributed by atoms with E-state index >= 15 is 0 Å². The maximum atomic E-state index is 13.4. The SMILES string of the molecule is O=C(C1C2CC3CC(C2)CC1C3)N(Cc1ccncc1)C1CC1. The number of carbonyl (C=O) groups is 1. The van der Waals surface area contributed by atoms with Crippen LogP contribution in [-0.4, -0.2) is 21.8 Å². The summed E-state index contributed by atoms with van der Waals surface area (Å²) >= 11 is 0. The molecule has 1 aromatic rings. The summed E-state index contributed by atoms with van der Waals surface area (Å²) in [5.41, 5.74) is 1.23. The molecule has 23 heavy (non-hydrogen) atoms. The molecule has 5 fully saturated rings. The van der Waals surface area contributed by atoms with E-state index in [1.165, 1.54) is 50.5 Å². The number of aromatic nitrogens is 1. The Hall–Kier alpha value is -1.38. The lowest BCUT2D eigenvalue weighted by atomic mass is 9.51. The molecule has 0 aromatic carbocycles. The molecule has 0 atom stereocenters. The van der Waals surface area contributed by atoms with Crippen molar-refractivity contribution in [3.05, 3.63) is 30.1 Å². The van der Waals surface area contributed by atoms with Gasteiger partial charge in [0.15, 0.2) is 0 Å². The van der Waals surface area contributed by atoms with Gasteiger partial charge in [-0.15, -0.1) is 0 Å². The first-order valence-electron chi connectivity index (χ1n) is 9.47. The molecule has 0 spiro atoms. The fourth-order valence-electron chi connectivity index (χ4n) is 5.98. The molecular weight excluding hydrogens is 284 g/mol. The normalized spacial score (nSPS) is 37.8. The topological polar surface area (TPSA) is 33.2 Å². The Bertz CT molecular complexity index is 567. The van der Waals surface area contributed by atoms with Crippen LogP contribution in [0.4, 0.5) is 0 Å². The van der Waals surface area contributed by atoms with Crippen LogP contribution in [0.3, 0.4) is 0 Å². The summed E-state index contributed by atoms with van der Waals surface area (Å²) in [6, 6.07) is 4.62. The van der Waals surface area contributed by atoms with Crippen molar-refractivity contribution in [2.45, 2.75) is 57.5 Å². The van der Waals surface area contributed by atoms with Crippen LogP contribution in [0, 0.1) is 29.6 Å². The van der Waals surface area contributed by atoms with Gasteiger partial charge in [0.2, 0.25) is 5.91 Å². The van der Waals surface area contributed by atoms with E-state index in [-0.39, 0.29) is 0 Å². The molecule has 1 aromatic heterocycles. The summed E-state index contributed by atoms with van der Waals surface area (Å²) in [7, 11) is 0. The molecule has 3 nitrogen and oxygen atoms in total. The van der Waals surface area contributed by atoms with Gasteiger partial charge >= 0.3 is 0 Å². The number of carbonyl (C=O) groups excluding carboxylic acids is 1. The van der Waals surface area contributed by atoms with Crippen LogP contribution in [0.25, 0.3) is 0 Å². The van der Waals surface area contributed by atoms with Crippen LogP contribution in [-0.2, 0) is 11.3 Å². The summed E-state index contributed by atoms with van der Waals surface area (Å²) in [5, 5.41) is 0. The minimum atomic E-state index is 0.338. The van der Waals surface area contributed by atoms with E-state index in [1.54, 1.807) is 0 Å². The molecule has 0 saturated heterocycles. The molecule has 1 amide bonds. The number of hydrogen-bond acceptors (Lipinski definition) is 2. The Morgan fingerprint density at radius 3 is 2.17 bits per heavy atom. The highest BCUT2D eigenvalue weighted by Crippen LogP contribution is 2.57. The second-order valence-corrected chi connectivity index (χ2v) is 8.51. The van der Waals surface area contributed by atoms with Crippen molar-refractivity contribution in [2.24, 2.45) is 29.6 Å². The smallest absolute Gasteiger partial charge is 0.226 e. The van der Waals surface area contributed by atoms with Crippen molar-refractivity contribution < 1.29 is 4.79 Å². The average molecular weight is 310 g/mol. The predicted octanol–water partition coefficient (Wildman–Crippen LogP) is 3.64. The van der Waals surface area contributed by atoms with Crippen molar-refractivity contribution >= 4 is 5.91 Å². The second kappa shape index (κ2) is 5.32. The molecule has 1 heterocycles. The van der Waals surface area contributed by atoms with Crippen molar-refractivity contribution in [3.63, 3.8) is 0 Å². The van der Waals surface area contributed by atoms with Gasteiger partial charge in [0, 0.05) is 30.9 Å². The maximum absolute atomic E-state index is 13.4. The molecule has 5 aliphatic rings. The third-order valence-corrected chi connectivity index (χ3v) is 6.88. The van der Waals surface area contributed by atoms with Gasteiger partial charge in [-0.1, -0.05) is 0 Å². The van der Waals surface area contributed by atoms with E-state index in [0.717, 1.165) is 18.4 Å². The highest BCUT2D eigenvalue weighted by Gasteiger charge is 2.52. The quantitative estimate of drug-likeness (QED) is 0.850. The zero-order valence-corrected chi connectivity index (χ0v) is 13.7. The predicted molar refractivity (Wildman–Crippen MR) is 88.3 cm³/mol. The van der Waals surface area contributed by atoms with Gasteiger partial charge in [-0.05, 0) is 86.3 Å². The van der Waals surface area contributed by atoms with Crippen molar-refractivity contribution in [2.75, 3.05) is 0 Å². The Balaban J connectivity index is 1.37. The highest BCUT2D eigenvalue weighted by molar-refractivity contribution is 5.80. The summed E-state index contributed by atoms with van der Waals surface area (Å²) in [5.74, 6) is 4.09. The molecule has 0 radical (unpaired) electrons. The van der Waals surface area contributed by atoms with Crippen LogP contribution >= 0.6 is 0 Å². The van der Waals surface area contributed by atoms with Gasteiger partial charge < -0.3 is 4.90 Å². The lowest BCUT2D eigenvalue weighted by Crippen LogP contribution is -2.52. The van der Waals surface area contributed by atoms with E-state index in [1.807, 2.05) is 12.4 Å². The van der Waals surface area contributed by atoms with E-state index in [4.69, 9.17) is 0 Å². The number of rotatable bonds is 4. The Labute approximate surface area is 138 Å². The maximum Gasteiger partial charge on any atom is 0.226 e. The van der Waals surface area contributed by atoms with E-state index in [2.05, 4.69) is 22.0 Å². The van der Waals surface area contributed by atoms with Crippen molar-refractivity contribution in [1.29, 1.82) is 0 Å². The van der Waals surface area contributed by atoms with E-state index < -0.39 is 0 Å². The van der Waals surface area contributed by atoms with E-state index in [9.17, 15) is 4.79 Å². The van der Waals surface area contributed by atoms with Gasteiger partial charge in [-0.25, -0.2) is 0 Å². The van der Waals surface area contributed by atoms with Crippen LogP contribution in [0.2, 0.25) is 0 Å². The number of amides is 1. The monoisotopic (exact) mass is 310 g/mol. The van der Waals surface area contributed by atoms with Crippen molar-refractivity contribution in [3.8, 4) is 0 Å². The van der Waals surface area contributed by atoms with Crippen LogP contribution in [0.1, 0.15) is 50.5 Å². The fourth-order valence-corrected chi connectivity index (χ4v) is 5.98. The number of nitrogens with zero attached hydrogens (tertiary/aromatic N) is 2. The highest BCUT2D eigenvalue weighted by atomic mass is 16.2. The second-order valence-electron chi connectivity index (χ2n) is 8.51. The Kier molecular flexibility index (Phi) is 3.24. The largest absolute Gasteiger partial charge is 0.335 e. The average Bonchev–Trinajstić information content (AvgIpc) is 3.37. The third kappa shape index (κ3) is 2.49. The van der Waals surface area contributed by atoms with Crippen LogP contribution < -0.4 is 0 Å². The summed E-state index contributed by atoms with van der Waals surface area (Å²) in [6.45, 7) is 0.787. The first-order chi connectivity index (χ1) is 11.3. The molecule has 6 rings (SSSR count). The molecule has 4 bridgehead atoms. The summed E-state index contributed by atoms with van der Waals surface area (Å²) in [6.07, 6.45) is 12.9. The van der Waals surface area contributed by atoms with Gasteiger partial charge in [-0.2, -0.15) is 0 Å². The van der Waals surface area contributed by atoms with Crippen molar-refractivity contribution in [1.82, 2.24) is 9.88 Å². The van der Waals surface area contributed by atoms with Gasteiger partial charge in [0.05, 0.1) is 0 Å². The molecule has 0 unspecified atom stereocenters. The zero-order chi connectivity index (χ0) is 15.4. The molecule has 0 aliphatic heterocycles. The van der Waals surface area contributed by atoms with Crippen LogP contribution in [0.15, 0.2) is 24.5 Å². The molecule has 0 N–H and O–H groups in total. The minimum Gasteiger partial charge on any atom is -0.335 e. The first kappa shape index (κ1) is 14.0. The fraction of sp³-hybridized carbons (Fsp3) is 0.700. The Morgan fingerprint density at radius 2 is 1.61 bits per heavy atom. The summed E-state index contributed by atoms with van der Waals surface area (Å²) < 4.78 is 0. The molecule has 5 saturated carbocycles. The molecule has 122 valence electrons. The molecule has 3 heteroatoms. The number of pyridine rings is 1.